The molecule has 0 aliphatic carbocycles. The van der Waals surface area contributed by atoms with Crippen LogP contribution in [-0.2, 0) is 0 Å². The van der Waals surface area contributed by atoms with E-state index in [1.165, 1.54) is 6.20 Å². The largest absolute Gasteiger partial charge is 0.409 e. The molecule has 1 rings (SSSR count). The number of hydrogen-bond donors (Lipinski definition) is 3. The fraction of sp³-hybridized carbons (Fsp3) is 0.375. The molecule has 0 aromatic carbocycles. The van der Waals surface area contributed by atoms with Crippen LogP contribution in [0.2, 0.25) is 0 Å². The van der Waals surface area contributed by atoms with Gasteiger partial charge in [0.05, 0.1) is 12.4 Å². The summed E-state index contributed by atoms with van der Waals surface area (Å²) in [5.74, 6) is 0.550. The lowest BCUT2D eigenvalue weighted by atomic mass is 10.4. The highest BCUT2D eigenvalue weighted by atomic mass is 16.4. The number of nitrogens with one attached hydrogen (secondary N) is 1. The van der Waals surface area contributed by atoms with Gasteiger partial charge in [-0.05, 0) is 13.8 Å². The quantitative estimate of drug-likeness (QED) is 0.280. The second-order valence-corrected chi connectivity index (χ2v) is 3.07. The van der Waals surface area contributed by atoms with Crippen LogP contribution in [0.15, 0.2) is 17.5 Å². The van der Waals surface area contributed by atoms with E-state index in [2.05, 4.69) is 20.4 Å². The maximum absolute atomic E-state index is 8.44. The van der Waals surface area contributed by atoms with E-state index in [9.17, 15) is 0 Å². The summed E-state index contributed by atoms with van der Waals surface area (Å²) in [5.41, 5.74) is 5.71. The van der Waals surface area contributed by atoms with Crippen molar-refractivity contribution in [2.75, 3.05) is 5.32 Å². The standard InChI is InChI=1S/C8H13N5O/c1-5(2)11-7-4-10-3-6(12-7)8(9)13-14/h3-5,14H,1-2H3,(H2,9,13)(H,11,12). The van der Waals surface area contributed by atoms with Crippen LogP contribution in [0, 0.1) is 0 Å². The Morgan fingerprint density at radius 3 is 2.86 bits per heavy atom. The molecule has 6 heteroatoms. The van der Waals surface area contributed by atoms with Crippen LogP contribution < -0.4 is 11.1 Å². The molecule has 0 saturated heterocycles. The molecule has 14 heavy (non-hydrogen) atoms. The first-order valence-electron chi connectivity index (χ1n) is 4.20. The summed E-state index contributed by atoms with van der Waals surface area (Å²) in [6, 6.07) is 0.256. The zero-order chi connectivity index (χ0) is 10.6. The van der Waals surface area contributed by atoms with Crippen molar-refractivity contribution in [1.29, 1.82) is 0 Å². The lowest BCUT2D eigenvalue weighted by molar-refractivity contribution is 0.318. The summed E-state index contributed by atoms with van der Waals surface area (Å²) in [6.45, 7) is 3.97. The zero-order valence-corrected chi connectivity index (χ0v) is 8.10. The van der Waals surface area contributed by atoms with E-state index in [-0.39, 0.29) is 11.9 Å². The van der Waals surface area contributed by atoms with Gasteiger partial charge in [0.15, 0.2) is 5.84 Å². The molecule has 0 amide bonds. The first-order valence-corrected chi connectivity index (χ1v) is 4.20. The molecule has 0 fully saturated rings. The highest BCUT2D eigenvalue weighted by molar-refractivity contribution is 5.95. The number of oxime groups is 1. The fourth-order valence-corrected chi connectivity index (χ4v) is 0.906. The number of hydrogen-bond acceptors (Lipinski definition) is 5. The second kappa shape index (κ2) is 4.40. The highest BCUT2D eigenvalue weighted by Gasteiger charge is 2.03. The van der Waals surface area contributed by atoms with E-state index >= 15 is 0 Å². The van der Waals surface area contributed by atoms with E-state index in [0.29, 0.717) is 11.5 Å². The molecule has 1 heterocycles. The molecule has 4 N–H and O–H groups in total. The Kier molecular flexibility index (Phi) is 3.22. The summed E-state index contributed by atoms with van der Waals surface area (Å²) in [6.07, 6.45) is 3.01. The minimum absolute atomic E-state index is 0.0510. The van der Waals surface area contributed by atoms with Crippen molar-refractivity contribution in [3.63, 3.8) is 0 Å². The number of nitrogens with zero attached hydrogens (tertiary/aromatic N) is 3. The van der Waals surface area contributed by atoms with Crippen molar-refractivity contribution in [2.24, 2.45) is 10.9 Å². The molecular weight excluding hydrogens is 182 g/mol. The Labute approximate surface area is 81.9 Å². The molecular formula is C8H13N5O. The average molecular weight is 195 g/mol. The molecule has 1 aromatic rings. The van der Waals surface area contributed by atoms with Crippen LogP contribution in [0.4, 0.5) is 5.82 Å². The molecule has 0 spiro atoms. The Bertz CT molecular complexity index is 336. The minimum Gasteiger partial charge on any atom is -0.409 e. The Hall–Kier alpha value is -1.85. The third-order valence-corrected chi connectivity index (χ3v) is 1.44. The molecule has 0 saturated carbocycles. The van der Waals surface area contributed by atoms with Gasteiger partial charge >= 0.3 is 0 Å². The highest BCUT2D eigenvalue weighted by Crippen LogP contribution is 2.03. The van der Waals surface area contributed by atoms with Crippen molar-refractivity contribution in [2.45, 2.75) is 19.9 Å². The van der Waals surface area contributed by atoms with Gasteiger partial charge in [0, 0.05) is 6.04 Å². The first kappa shape index (κ1) is 10.2. The molecule has 1 aromatic heterocycles. The van der Waals surface area contributed by atoms with Gasteiger partial charge in [0.1, 0.15) is 11.5 Å². The Balaban J connectivity index is 2.90. The third kappa shape index (κ3) is 2.58. The number of amidine groups is 1. The average Bonchev–Trinajstić information content (AvgIpc) is 2.16. The third-order valence-electron chi connectivity index (χ3n) is 1.44. The number of rotatable bonds is 3. The fourth-order valence-electron chi connectivity index (χ4n) is 0.906. The van der Waals surface area contributed by atoms with Gasteiger partial charge in [-0.15, -0.1) is 0 Å². The van der Waals surface area contributed by atoms with Gasteiger partial charge < -0.3 is 16.3 Å². The predicted molar refractivity (Wildman–Crippen MR) is 53.3 cm³/mol. The first-order chi connectivity index (χ1) is 6.63. The Morgan fingerprint density at radius 1 is 1.57 bits per heavy atom. The summed E-state index contributed by atoms with van der Waals surface area (Å²) < 4.78 is 0. The molecule has 0 unspecified atom stereocenters. The summed E-state index contributed by atoms with van der Waals surface area (Å²) in [4.78, 5) is 8.00. The Morgan fingerprint density at radius 2 is 2.29 bits per heavy atom. The summed E-state index contributed by atoms with van der Waals surface area (Å²) >= 11 is 0. The van der Waals surface area contributed by atoms with Gasteiger partial charge in [-0.25, -0.2) is 4.98 Å². The molecule has 0 aliphatic heterocycles. The van der Waals surface area contributed by atoms with Gasteiger partial charge in [0.25, 0.3) is 0 Å². The van der Waals surface area contributed by atoms with Gasteiger partial charge in [-0.3, -0.25) is 4.98 Å². The monoisotopic (exact) mass is 195 g/mol. The maximum atomic E-state index is 8.44. The smallest absolute Gasteiger partial charge is 0.190 e. The summed E-state index contributed by atoms with van der Waals surface area (Å²) in [7, 11) is 0. The van der Waals surface area contributed by atoms with Crippen molar-refractivity contribution < 1.29 is 5.21 Å². The van der Waals surface area contributed by atoms with Crippen LogP contribution >= 0.6 is 0 Å². The zero-order valence-electron chi connectivity index (χ0n) is 8.10. The van der Waals surface area contributed by atoms with Gasteiger partial charge in [0.2, 0.25) is 0 Å². The molecule has 6 nitrogen and oxygen atoms in total. The maximum Gasteiger partial charge on any atom is 0.190 e. The van der Waals surface area contributed by atoms with Crippen molar-refractivity contribution >= 4 is 11.7 Å². The lowest BCUT2D eigenvalue weighted by Crippen LogP contribution is -2.18. The lowest BCUT2D eigenvalue weighted by Gasteiger charge is -2.08. The van der Waals surface area contributed by atoms with E-state index < -0.39 is 0 Å². The van der Waals surface area contributed by atoms with Crippen LogP contribution in [-0.4, -0.2) is 27.1 Å². The number of nitrogens with two attached hydrogens (primary N) is 1. The molecule has 0 aliphatic rings. The second-order valence-electron chi connectivity index (χ2n) is 3.07. The molecule has 0 atom stereocenters. The van der Waals surface area contributed by atoms with E-state index in [1.807, 2.05) is 13.8 Å². The van der Waals surface area contributed by atoms with Gasteiger partial charge in [-0.2, -0.15) is 0 Å². The van der Waals surface area contributed by atoms with Gasteiger partial charge in [-0.1, -0.05) is 5.16 Å². The van der Waals surface area contributed by atoms with Crippen LogP contribution in [0.1, 0.15) is 19.5 Å². The predicted octanol–water partition coefficient (Wildman–Crippen LogP) is 0.391. The normalized spacial score (nSPS) is 11.8. The molecule has 0 radical (unpaired) electrons. The summed E-state index contributed by atoms with van der Waals surface area (Å²) in [5, 5.41) is 14.3. The topological polar surface area (TPSA) is 96.4 Å². The molecule has 76 valence electrons. The van der Waals surface area contributed by atoms with Crippen molar-refractivity contribution in [3.05, 3.63) is 18.1 Å². The number of aromatic nitrogens is 2. The van der Waals surface area contributed by atoms with E-state index in [0.717, 1.165) is 0 Å². The number of anilines is 1. The minimum atomic E-state index is -0.0510. The van der Waals surface area contributed by atoms with Crippen LogP contribution in [0.5, 0.6) is 0 Å². The van der Waals surface area contributed by atoms with Crippen LogP contribution in [0.25, 0.3) is 0 Å². The van der Waals surface area contributed by atoms with Crippen molar-refractivity contribution in [1.82, 2.24) is 9.97 Å². The van der Waals surface area contributed by atoms with Crippen LogP contribution in [0.3, 0.4) is 0 Å². The van der Waals surface area contributed by atoms with E-state index in [1.54, 1.807) is 6.20 Å². The van der Waals surface area contributed by atoms with Crippen molar-refractivity contribution in [3.8, 4) is 0 Å². The van der Waals surface area contributed by atoms with E-state index in [4.69, 9.17) is 10.9 Å². The SMILES string of the molecule is CC(C)Nc1cncc(/C(N)=N/O)n1. The molecule has 0 bridgehead atoms.